The van der Waals surface area contributed by atoms with Crippen LogP contribution >= 0.6 is 11.8 Å². The van der Waals surface area contributed by atoms with Gasteiger partial charge in [0.25, 0.3) is 0 Å². The summed E-state index contributed by atoms with van der Waals surface area (Å²) in [5, 5.41) is 12.5. The van der Waals surface area contributed by atoms with Gasteiger partial charge < -0.3 is 9.64 Å². The third kappa shape index (κ3) is 3.83. The van der Waals surface area contributed by atoms with Gasteiger partial charge in [-0.15, -0.1) is 5.10 Å². The van der Waals surface area contributed by atoms with E-state index in [1.807, 2.05) is 44.3 Å². The molecule has 8 heteroatoms. The number of benzene rings is 2. The Morgan fingerprint density at radius 3 is 2.71 bits per heavy atom. The minimum atomic E-state index is -0.234. The predicted molar refractivity (Wildman–Crippen MR) is 122 cm³/mol. The number of hydrogen-bond acceptors (Lipinski definition) is 7. The van der Waals surface area contributed by atoms with Gasteiger partial charge in [0.05, 0.1) is 12.9 Å². The number of ketones is 1. The van der Waals surface area contributed by atoms with E-state index in [0.29, 0.717) is 10.9 Å². The molecule has 31 heavy (non-hydrogen) atoms. The zero-order valence-corrected chi connectivity index (χ0v) is 19.1. The second kappa shape index (κ2) is 8.19. The van der Waals surface area contributed by atoms with Crippen LogP contribution in [-0.2, 0) is 10.2 Å². The molecule has 2 aromatic carbocycles. The van der Waals surface area contributed by atoms with Gasteiger partial charge in [0, 0.05) is 29.9 Å². The molecule has 0 aliphatic carbocycles. The van der Waals surface area contributed by atoms with Gasteiger partial charge >= 0.3 is 0 Å². The Morgan fingerprint density at radius 2 is 1.97 bits per heavy atom. The van der Waals surface area contributed by atoms with Crippen LogP contribution in [0.3, 0.4) is 0 Å². The van der Waals surface area contributed by atoms with Crippen LogP contribution < -0.4 is 9.64 Å². The van der Waals surface area contributed by atoms with Crippen molar-refractivity contribution in [3.05, 3.63) is 65.4 Å². The molecule has 2 heterocycles. The number of likely N-dealkylation sites (N-methyl/N-ethyl adjacent to an activating group) is 1. The molecule has 0 unspecified atom stereocenters. The second-order valence-corrected chi connectivity index (χ2v) is 8.98. The van der Waals surface area contributed by atoms with Gasteiger partial charge in [0.1, 0.15) is 11.4 Å². The first-order valence-corrected chi connectivity index (χ1v) is 11.0. The quantitative estimate of drug-likeness (QED) is 0.429. The summed E-state index contributed by atoms with van der Waals surface area (Å²) in [7, 11) is 3.61. The molecule has 1 aromatic heterocycles. The van der Waals surface area contributed by atoms with Crippen molar-refractivity contribution in [3.8, 4) is 11.4 Å². The van der Waals surface area contributed by atoms with Gasteiger partial charge in [-0.05, 0) is 46.7 Å². The van der Waals surface area contributed by atoms with Crippen LogP contribution in [0.1, 0.15) is 25.0 Å². The Balaban J connectivity index is 1.54. The Kier molecular flexibility index (Phi) is 5.58. The molecular formula is C23H25N5O2S. The number of rotatable bonds is 6. The van der Waals surface area contributed by atoms with Crippen LogP contribution in [0.5, 0.6) is 5.75 Å². The van der Waals surface area contributed by atoms with Gasteiger partial charge in [0.2, 0.25) is 5.16 Å². The van der Waals surface area contributed by atoms with E-state index in [0.717, 1.165) is 22.6 Å². The number of carbonyl (C=O) groups excluding carboxylic acids is 1. The first-order chi connectivity index (χ1) is 14.8. The van der Waals surface area contributed by atoms with E-state index >= 15 is 0 Å². The van der Waals surface area contributed by atoms with Crippen molar-refractivity contribution in [2.24, 2.45) is 0 Å². The zero-order chi connectivity index (χ0) is 22.2. The number of aromatic nitrogens is 4. The fraction of sp³-hybridized carbons (Fsp3) is 0.304. The molecule has 4 rings (SSSR count). The van der Waals surface area contributed by atoms with Crippen LogP contribution in [0.2, 0.25) is 0 Å². The maximum Gasteiger partial charge on any atom is 0.214 e. The minimum Gasteiger partial charge on any atom is -0.494 e. The van der Waals surface area contributed by atoms with Crippen LogP contribution in [-0.4, -0.2) is 45.9 Å². The summed E-state index contributed by atoms with van der Waals surface area (Å²) in [6.45, 7) is 6.28. The van der Waals surface area contributed by atoms with Crippen molar-refractivity contribution in [1.29, 1.82) is 0 Å². The standard InChI is InChI=1S/C23H25N5O2S/c1-15-10-11-20(30-5)19(12-15)28-22(24-25-26-28)31-14-16(29)13-21-23(2,3)17-8-6-7-9-18(17)27(21)4/h6-13H,14H2,1-5H3. The van der Waals surface area contributed by atoms with Crippen molar-refractivity contribution in [2.45, 2.75) is 31.3 Å². The van der Waals surface area contributed by atoms with Crippen LogP contribution in [0.25, 0.3) is 5.69 Å². The Morgan fingerprint density at radius 1 is 1.19 bits per heavy atom. The molecule has 0 bridgehead atoms. The molecule has 0 saturated heterocycles. The lowest BCUT2D eigenvalue weighted by Crippen LogP contribution is -2.24. The number of para-hydroxylation sites is 1. The number of thioether (sulfide) groups is 1. The summed E-state index contributed by atoms with van der Waals surface area (Å²) in [6, 6.07) is 14.1. The van der Waals surface area contributed by atoms with E-state index in [2.05, 4.69) is 46.4 Å². The number of carbonyl (C=O) groups is 1. The lowest BCUT2D eigenvalue weighted by Gasteiger charge is -2.23. The molecule has 0 radical (unpaired) electrons. The molecule has 1 aliphatic heterocycles. The van der Waals surface area contributed by atoms with Crippen molar-refractivity contribution >= 4 is 23.2 Å². The molecule has 7 nitrogen and oxygen atoms in total. The lowest BCUT2D eigenvalue weighted by molar-refractivity contribution is -0.112. The second-order valence-electron chi connectivity index (χ2n) is 8.03. The molecular weight excluding hydrogens is 410 g/mol. The molecule has 3 aromatic rings. The molecule has 0 atom stereocenters. The predicted octanol–water partition coefficient (Wildman–Crippen LogP) is 3.95. The summed E-state index contributed by atoms with van der Waals surface area (Å²) in [6.07, 6.45) is 1.74. The van der Waals surface area contributed by atoms with Crippen LogP contribution in [0.4, 0.5) is 5.69 Å². The zero-order valence-electron chi connectivity index (χ0n) is 18.3. The molecule has 0 amide bonds. The molecule has 1 aliphatic rings. The molecule has 0 spiro atoms. The van der Waals surface area contributed by atoms with Crippen LogP contribution in [0, 0.1) is 6.92 Å². The van der Waals surface area contributed by atoms with Gasteiger partial charge in [0.15, 0.2) is 5.78 Å². The number of fused-ring (bicyclic) bond motifs is 1. The maximum atomic E-state index is 12.9. The van der Waals surface area contributed by atoms with E-state index < -0.39 is 0 Å². The summed E-state index contributed by atoms with van der Waals surface area (Å²) >= 11 is 1.31. The topological polar surface area (TPSA) is 73.1 Å². The number of methoxy groups -OCH3 is 1. The largest absolute Gasteiger partial charge is 0.494 e. The van der Waals surface area contributed by atoms with Crippen molar-refractivity contribution in [3.63, 3.8) is 0 Å². The fourth-order valence-corrected chi connectivity index (χ4v) is 4.68. The number of allylic oxidation sites excluding steroid dienone is 2. The summed E-state index contributed by atoms with van der Waals surface area (Å²) in [4.78, 5) is 15.0. The SMILES string of the molecule is COc1ccc(C)cc1-n1nnnc1SCC(=O)C=C1N(C)c2ccccc2C1(C)C. The molecule has 0 N–H and O–H groups in total. The van der Waals surface area contributed by atoms with Crippen molar-refractivity contribution in [2.75, 3.05) is 24.8 Å². The van der Waals surface area contributed by atoms with Crippen LogP contribution in [0.15, 0.2) is 59.4 Å². The van der Waals surface area contributed by atoms with Gasteiger partial charge in [-0.2, -0.15) is 4.68 Å². The third-order valence-corrected chi connectivity index (χ3v) is 6.53. The first-order valence-electron chi connectivity index (χ1n) is 9.97. The summed E-state index contributed by atoms with van der Waals surface area (Å²) < 4.78 is 7.06. The monoisotopic (exact) mass is 435 g/mol. The number of nitrogens with zero attached hydrogens (tertiary/aromatic N) is 5. The highest BCUT2D eigenvalue weighted by atomic mass is 32.2. The summed E-state index contributed by atoms with van der Waals surface area (Å²) in [5.41, 5.74) is 4.91. The number of anilines is 1. The van der Waals surface area contributed by atoms with E-state index in [9.17, 15) is 4.79 Å². The number of aryl methyl sites for hydroxylation is 1. The Labute approximate surface area is 186 Å². The van der Waals surface area contributed by atoms with Gasteiger partial charge in [-0.25, -0.2) is 0 Å². The molecule has 0 fully saturated rings. The third-order valence-electron chi connectivity index (χ3n) is 5.59. The van der Waals surface area contributed by atoms with Crippen molar-refractivity contribution < 1.29 is 9.53 Å². The average molecular weight is 436 g/mol. The molecule has 160 valence electrons. The number of hydrogen-bond donors (Lipinski definition) is 0. The highest BCUT2D eigenvalue weighted by Crippen LogP contribution is 2.46. The van der Waals surface area contributed by atoms with Crippen molar-refractivity contribution in [1.82, 2.24) is 20.2 Å². The average Bonchev–Trinajstić information content (AvgIpc) is 3.30. The lowest BCUT2D eigenvalue weighted by atomic mass is 9.83. The van der Waals surface area contributed by atoms with E-state index in [1.165, 1.54) is 17.3 Å². The first kappa shape index (κ1) is 21.1. The van der Waals surface area contributed by atoms with E-state index in [4.69, 9.17) is 4.74 Å². The number of ether oxygens (including phenoxy) is 1. The van der Waals surface area contributed by atoms with Gasteiger partial charge in [-0.3, -0.25) is 4.79 Å². The maximum absolute atomic E-state index is 12.9. The normalized spacial score (nSPS) is 15.9. The highest BCUT2D eigenvalue weighted by Gasteiger charge is 2.38. The van der Waals surface area contributed by atoms with E-state index in [-0.39, 0.29) is 17.0 Å². The van der Waals surface area contributed by atoms with E-state index in [1.54, 1.807) is 17.9 Å². The van der Waals surface area contributed by atoms with Gasteiger partial charge in [-0.1, -0.05) is 49.9 Å². The summed E-state index contributed by atoms with van der Waals surface area (Å²) in [5.74, 6) is 0.914. The fourth-order valence-electron chi connectivity index (χ4n) is 3.97. The Bertz CT molecular complexity index is 1170. The molecule has 0 saturated carbocycles. The highest BCUT2D eigenvalue weighted by molar-refractivity contribution is 7.99. The Hall–Kier alpha value is -3.13. The minimum absolute atomic E-state index is 0.0125. The number of tetrazole rings is 1. The smallest absolute Gasteiger partial charge is 0.214 e.